The molecule has 0 heterocycles. The molecule has 1 amide bonds. The predicted molar refractivity (Wildman–Crippen MR) is 97.1 cm³/mol. The summed E-state index contributed by atoms with van der Waals surface area (Å²) in [6.07, 6.45) is 3.73. The van der Waals surface area contributed by atoms with E-state index in [1.165, 1.54) is 5.56 Å². The molecule has 4 N–H and O–H groups in total. The number of carbonyl (C=O) groups excluding carboxylic acids is 1. The zero-order valence-corrected chi connectivity index (χ0v) is 15.9. The van der Waals surface area contributed by atoms with Crippen molar-refractivity contribution in [1.29, 1.82) is 0 Å². The zero-order chi connectivity index (χ0) is 18.5. The van der Waals surface area contributed by atoms with Gasteiger partial charge in [0, 0.05) is 13.0 Å². The van der Waals surface area contributed by atoms with Crippen LogP contribution in [-0.2, 0) is 27.7 Å². The van der Waals surface area contributed by atoms with Crippen molar-refractivity contribution in [3.8, 4) is 0 Å². The second kappa shape index (κ2) is 9.59. The Kier molecular flexibility index (Phi) is 8.39. The number of nitrogens with two attached hydrogens (primary N) is 1. The van der Waals surface area contributed by atoms with Gasteiger partial charge in [-0.05, 0) is 48.9 Å². The number of carbonyl (C=O) groups is 1. The van der Waals surface area contributed by atoms with Crippen molar-refractivity contribution in [1.82, 2.24) is 10.0 Å². The number of fused-ring (bicyclic) bond motifs is 1. The quantitative estimate of drug-likeness (QED) is 0.601. The van der Waals surface area contributed by atoms with Crippen LogP contribution in [0.3, 0.4) is 0 Å². The molecule has 0 aliphatic heterocycles. The van der Waals surface area contributed by atoms with E-state index in [-0.39, 0.29) is 30.3 Å². The number of rotatable bonds is 8. The Balaban J connectivity index is 0.00000338. The van der Waals surface area contributed by atoms with Crippen LogP contribution in [0.25, 0.3) is 0 Å². The van der Waals surface area contributed by atoms with E-state index in [0.717, 1.165) is 31.2 Å². The highest BCUT2D eigenvalue weighted by atomic mass is 35.5. The van der Waals surface area contributed by atoms with Crippen molar-refractivity contribution >= 4 is 28.3 Å². The van der Waals surface area contributed by atoms with Gasteiger partial charge >= 0.3 is 0 Å². The summed E-state index contributed by atoms with van der Waals surface area (Å²) >= 11 is 0. The van der Waals surface area contributed by atoms with Crippen LogP contribution in [0, 0.1) is 0 Å². The molecule has 0 radical (unpaired) electrons. The summed E-state index contributed by atoms with van der Waals surface area (Å²) in [5.41, 5.74) is 7.08. The van der Waals surface area contributed by atoms with Crippen LogP contribution in [0.5, 0.6) is 0 Å². The summed E-state index contributed by atoms with van der Waals surface area (Å²) in [5.74, 6) is -3.83. The van der Waals surface area contributed by atoms with Crippen molar-refractivity contribution in [2.45, 2.75) is 42.9 Å². The number of alkyl halides is 2. The summed E-state index contributed by atoms with van der Waals surface area (Å²) in [4.78, 5) is 11.7. The SMILES string of the molecule is Cl.NCC(F)(F)CNC(=O)CCNS(=O)(=O)c1ccc2c(c1)CCCC2. The van der Waals surface area contributed by atoms with Crippen molar-refractivity contribution in [3.05, 3.63) is 29.3 Å². The number of hydrogen-bond donors (Lipinski definition) is 3. The lowest BCUT2D eigenvalue weighted by molar-refractivity contribution is -0.122. The number of sulfonamides is 1. The maximum Gasteiger partial charge on any atom is 0.277 e. The van der Waals surface area contributed by atoms with E-state index in [1.807, 2.05) is 11.4 Å². The first kappa shape index (κ1) is 22.8. The number of nitrogens with one attached hydrogen (secondary N) is 2. The topological polar surface area (TPSA) is 101 Å². The van der Waals surface area contributed by atoms with Crippen LogP contribution < -0.4 is 15.8 Å². The van der Waals surface area contributed by atoms with Crippen LogP contribution in [0.4, 0.5) is 8.78 Å². The van der Waals surface area contributed by atoms with Gasteiger partial charge < -0.3 is 11.1 Å². The number of amides is 1. The van der Waals surface area contributed by atoms with Gasteiger partial charge in [-0.2, -0.15) is 0 Å². The normalized spacial score (nSPS) is 14.3. The van der Waals surface area contributed by atoms with Gasteiger partial charge in [0.2, 0.25) is 15.9 Å². The highest BCUT2D eigenvalue weighted by molar-refractivity contribution is 7.89. The third kappa shape index (κ3) is 6.46. The van der Waals surface area contributed by atoms with E-state index >= 15 is 0 Å². The number of halogens is 3. The molecule has 2 rings (SSSR count). The number of hydrogen-bond acceptors (Lipinski definition) is 4. The summed E-state index contributed by atoms with van der Waals surface area (Å²) in [6, 6.07) is 5.04. The summed E-state index contributed by atoms with van der Waals surface area (Å²) in [7, 11) is -3.74. The Labute approximate surface area is 158 Å². The Morgan fingerprint density at radius 2 is 1.85 bits per heavy atom. The molecule has 0 saturated heterocycles. The van der Waals surface area contributed by atoms with Crippen LogP contribution in [-0.4, -0.2) is 39.9 Å². The molecule has 0 fully saturated rings. The molecular formula is C16H24ClF2N3O3S. The lowest BCUT2D eigenvalue weighted by Gasteiger charge is -2.17. The molecule has 1 aromatic carbocycles. The fourth-order valence-electron chi connectivity index (χ4n) is 2.65. The molecule has 0 atom stereocenters. The Bertz CT molecular complexity index is 729. The van der Waals surface area contributed by atoms with Gasteiger partial charge in [0.1, 0.15) is 0 Å². The van der Waals surface area contributed by atoms with E-state index < -0.39 is 34.9 Å². The van der Waals surface area contributed by atoms with Gasteiger partial charge in [-0.15, -0.1) is 12.4 Å². The lowest BCUT2D eigenvalue weighted by Crippen LogP contribution is -2.42. The molecule has 0 spiro atoms. The van der Waals surface area contributed by atoms with Crippen LogP contribution in [0.15, 0.2) is 23.1 Å². The highest BCUT2D eigenvalue weighted by Crippen LogP contribution is 2.24. The monoisotopic (exact) mass is 411 g/mol. The molecule has 10 heteroatoms. The average molecular weight is 412 g/mol. The molecule has 0 bridgehead atoms. The maximum absolute atomic E-state index is 12.9. The zero-order valence-electron chi connectivity index (χ0n) is 14.3. The lowest BCUT2D eigenvalue weighted by atomic mass is 9.92. The van der Waals surface area contributed by atoms with Crippen molar-refractivity contribution in [2.75, 3.05) is 19.6 Å². The third-order valence-corrected chi connectivity index (χ3v) is 5.58. The molecular weight excluding hydrogens is 388 g/mol. The minimum atomic E-state index is -3.74. The van der Waals surface area contributed by atoms with E-state index in [0.29, 0.717) is 0 Å². The molecule has 1 aliphatic rings. The molecule has 6 nitrogen and oxygen atoms in total. The molecule has 1 aromatic rings. The third-order valence-electron chi connectivity index (χ3n) is 4.12. The second-order valence-corrected chi connectivity index (χ2v) is 7.89. The Morgan fingerprint density at radius 1 is 1.19 bits per heavy atom. The van der Waals surface area contributed by atoms with Gasteiger partial charge in [-0.3, -0.25) is 4.79 Å². The summed E-state index contributed by atoms with van der Waals surface area (Å²) in [6.45, 7) is -1.89. The Morgan fingerprint density at radius 3 is 2.50 bits per heavy atom. The maximum atomic E-state index is 12.9. The molecule has 26 heavy (non-hydrogen) atoms. The fraction of sp³-hybridized carbons (Fsp3) is 0.562. The van der Waals surface area contributed by atoms with E-state index in [1.54, 1.807) is 12.1 Å². The van der Waals surface area contributed by atoms with Crippen molar-refractivity contribution in [2.24, 2.45) is 5.73 Å². The van der Waals surface area contributed by atoms with E-state index in [9.17, 15) is 22.0 Å². The van der Waals surface area contributed by atoms with Crippen LogP contribution in [0.1, 0.15) is 30.4 Å². The van der Waals surface area contributed by atoms with Gasteiger partial charge in [-0.25, -0.2) is 21.9 Å². The summed E-state index contributed by atoms with van der Waals surface area (Å²) in [5, 5.41) is 2.04. The van der Waals surface area contributed by atoms with Gasteiger partial charge in [0.15, 0.2) is 0 Å². The first-order valence-corrected chi connectivity index (χ1v) is 9.68. The molecule has 0 aromatic heterocycles. The molecule has 148 valence electrons. The fourth-order valence-corrected chi connectivity index (χ4v) is 3.73. The van der Waals surface area contributed by atoms with Gasteiger partial charge in [0.25, 0.3) is 5.92 Å². The first-order chi connectivity index (χ1) is 11.7. The molecule has 1 aliphatic carbocycles. The van der Waals surface area contributed by atoms with Gasteiger partial charge in [0.05, 0.1) is 18.0 Å². The molecule has 0 unspecified atom stereocenters. The molecule has 0 saturated carbocycles. The number of aryl methyl sites for hydroxylation is 2. The smallest absolute Gasteiger partial charge is 0.277 e. The van der Waals surface area contributed by atoms with E-state index in [4.69, 9.17) is 5.73 Å². The van der Waals surface area contributed by atoms with E-state index in [2.05, 4.69) is 4.72 Å². The second-order valence-electron chi connectivity index (χ2n) is 6.12. The number of benzene rings is 1. The summed E-state index contributed by atoms with van der Waals surface area (Å²) < 4.78 is 52.8. The predicted octanol–water partition coefficient (Wildman–Crippen LogP) is 1.37. The minimum Gasteiger partial charge on any atom is -0.350 e. The van der Waals surface area contributed by atoms with Crippen molar-refractivity contribution < 1.29 is 22.0 Å². The Hall–Kier alpha value is -1.29. The largest absolute Gasteiger partial charge is 0.350 e. The van der Waals surface area contributed by atoms with Crippen LogP contribution in [0.2, 0.25) is 0 Å². The highest BCUT2D eigenvalue weighted by Gasteiger charge is 2.27. The average Bonchev–Trinajstić information content (AvgIpc) is 2.59. The minimum absolute atomic E-state index is 0. The van der Waals surface area contributed by atoms with Crippen molar-refractivity contribution in [3.63, 3.8) is 0 Å². The standard InChI is InChI=1S/C16H23F2N3O3S.ClH/c17-16(18,10-19)11-20-15(22)7-8-21-25(23,24)14-6-5-12-3-1-2-4-13(12)9-14;/h5-6,9,21H,1-4,7-8,10-11,19H2,(H,20,22);1H. The van der Waals surface area contributed by atoms with Gasteiger partial charge in [-0.1, -0.05) is 6.07 Å². The first-order valence-electron chi connectivity index (χ1n) is 8.19. The van der Waals surface area contributed by atoms with Crippen LogP contribution >= 0.6 is 12.4 Å².